The fourth-order valence-corrected chi connectivity index (χ4v) is 3.37. The number of piperidine rings is 1. The molecule has 19 heavy (non-hydrogen) atoms. The van der Waals surface area contributed by atoms with E-state index in [2.05, 4.69) is 15.5 Å². The Morgan fingerprint density at radius 2 is 1.95 bits per heavy atom. The van der Waals surface area contributed by atoms with Gasteiger partial charge < -0.3 is 15.5 Å². The second-order valence-corrected chi connectivity index (χ2v) is 6.58. The highest BCUT2D eigenvalue weighted by molar-refractivity contribution is 5.76. The number of hydrogen-bond acceptors (Lipinski definition) is 3. The first-order chi connectivity index (χ1) is 9.29. The van der Waals surface area contributed by atoms with Crippen LogP contribution in [0.3, 0.4) is 0 Å². The molecule has 4 heteroatoms. The van der Waals surface area contributed by atoms with Gasteiger partial charge >= 0.3 is 0 Å². The quantitative estimate of drug-likeness (QED) is 0.783. The number of amides is 1. The number of nitrogens with one attached hydrogen (secondary N) is 2. The van der Waals surface area contributed by atoms with Gasteiger partial charge in [-0.3, -0.25) is 4.79 Å². The Hall–Kier alpha value is -0.610. The van der Waals surface area contributed by atoms with E-state index in [1.807, 2.05) is 0 Å². The lowest BCUT2D eigenvalue weighted by atomic mass is 10.0. The molecule has 4 nitrogen and oxygen atoms in total. The van der Waals surface area contributed by atoms with Crippen molar-refractivity contribution in [2.75, 3.05) is 26.2 Å². The van der Waals surface area contributed by atoms with Crippen LogP contribution in [0.5, 0.6) is 0 Å². The SMILES string of the molecule is O=C(CC1CCCN1)NC1CCN(CC2CC2)CC1. The summed E-state index contributed by atoms with van der Waals surface area (Å²) in [6.45, 7) is 4.72. The van der Waals surface area contributed by atoms with E-state index in [0.717, 1.165) is 31.7 Å². The van der Waals surface area contributed by atoms with Crippen LogP contribution in [0.4, 0.5) is 0 Å². The van der Waals surface area contributed by atoms with Gasteiger partial charge in [-0.15, -0.1) is 0 Å². The predicted molar refractivity (Wildman–Crippen MR) is 76.0 cm³/mol. The first-order valence-corrected chi connectivity index (χ1v) is 8.05. The van der Waals surface area contributed by atoms with E-state index in [4.69, 9.17) is 0 Å². The van der Waals surface area contributed by atoms with Gasteiger partial charge in [-0.05, 0) is 51.0 Å². The first-order valence-electron chi connectivity index (χ1n) is 8.05. The van der Waals surface area contributed by atoms with Crippen molar-refractivity contribution in [1.29, 1.82) is 0 Å². The van der Waals surface area contributed by atoms with Crippen LogP contribution in [0.25, 0.3) is 0 Å². The monoisotopic (exact) mass is 265 g/mol. The molecule has 3 rings (SSSR count). The molecule has 2 aliphatic heterocycles. The maximum atomic E-state index is 12.0. The van der Waals surface area contributed by atoms with E-state index in [1.165, 1.54) is 38.9 Å². The summed E-state index contributed by atoms with van der Waals surface area (Å²) in [6, 6.07) is 0.847. The first kappa shape index (κ1) is 13.4. The summed E-state index contributed by atoms with van der Waals surface area (Å²) >= 11 is 0. The van der Waals surface area contributed by atoms with Gasteiger partial charge in [0.25, 0.3) is 0 Å². The smallest absolute Gasteiger partial charge is 0.221 e. The fraction of sp³-hybridized carbons (Fsp3) is 0.933. The Bertz CT molecular complexity index is 303. The van der Waals surface area contributed by atoms with E-state index in [-0.39, 0.29) is 5.91 Å². The van der Waals surface area contributed by atoms with Crippen LogP contribution in [0.15, 0.2) is 0 Å². The summed E-state index contributed by atoms with van der Waals surface area (Å²) < 4.78 is 0. The maximum Gasteiger partial charge on any atom is 0.221 e. The molecular weight excluding hydrogens is 238 g/mol. The fourth-order valence-electron chi connectivity index (χ4n) is 3.37. The minimum atomic E-state index is 0.250. The topological polar surface area (TPSA) is 44.4 Å². The predicted octanol–water partition coefficient (Wildman–Crippen LogP) is 1.12. The van der Waals surface area contributed by atoms with Gasteiger partial charge in [0.15, 0.2) is 0 Å². The molecule has 3 fully saturated rings. The highest BCUT2D eigenvalue weighted by Gasteiger charge is 2.27. The number of hydrogen-bond donors (Lipinski definition) is 2. The number of rotatable bonds is 5. The molecule has 2 saturated heterocycles. The van der Waals surface area contributed by atoms with Crippen molar-refractivity contribution in [3.05, 3.63) is 0 Å². The summed E-state index contributed by atoms with van der Waals surface area (Å²) in [6.07, 6.45) is 8.19. The molecule has 0 aromatic carbocycles. The third kappa shape index (κ3) is 4.18. The Morgan fingerprint density at radius 1 is 1.16 bits per heavy atom. The molecule has 2 N–H and O–H groups in total. The van der Waals surface area contributed by atoms with Crippen molar-refractivity contribution >= 4 is 5.91 Å². The van der Waals surface area contributed by atoms with E-state index >= 15 is 0 Å². The van der Waals surface area contributed by atoms with Crippen LogP contribution in [0.1, 0.15) is 44.9 Å². The maximum absolute atomic E-state index is 12.0. The lowest BCUT2D eigenvalue weighted by molar-refractivity contribution is -0.122. The summed E-state index contributed by atoms with van der Waals surface area (Å²) in [7, 11) is 0. The van der Waals surface area contributed by atoms with Crippen molar-refractivity contribution in [2.45, 2.75) is 57.0 Å². The zero-order chi connectivity index (χ0) is 13.1. The third-order valence-electron chi connectivity index (χ3n) is 4.76. The molecule has 1 atom stereocenters. The number of nitrogens with zero attached hydrogens (tertiary/aromatic N) is 1. The summed E-state index contributed by atoms with van der Waals surface area (Å²) in [5.74, 6) is 1.24. The van der Waals surface area contributed by atoms with Crippen molar-refractivity contribution in [2.24, 2.45) is 5.92 Å². The Balaban J connectivity index is 1.33. The summed E-state index contributed by atoms with van der Waals surface area (Å²) in [5.41, 5.74) is 0. The van der Waals surface area contributed by atoms with Crippen molar-refractivity contribution < 1.29 is 4.79 Å². The molecule has 0 radical (unpaired) electrons. The summed E-state index contributed by atoms with van der Waals surface area (Å²) in [4.78, 5) is 14.6. The van der Waals surface area contributed by atoms with Gasteiger partial charge in [-0.25, -0.2) is 0 Å². The Labute approximate surface area is 116 Å². The molecule has 0 spiro atoms. The van der Waals surface area contributed by atoms with Gasteiger partial charge in [0.05, 0.1) is 0 Å². The molecule has 1 unspecified atom stereocenters. The van der Waals surface area contributed by atoms with Gasteiger partial charge in [0, 0.05) is 38.1 Å². The van der Waals surface area contributed by atoms with Gasteiger partial charge in [0.1, 0.15) is 0 Å². The Kier molecular flexibility index (Phi) is 4.38. The van der Waals surface area contributed by atoms with Crippen LogP contribution in [0.2, 0.25) is 0 Å². The minimum absolute atomic E-state index is 0.250. The largest absolute Gasteiger partial charge is 0.353 e. The normalized spacial score (nSPS) is 29.6. The standard InChI is InChI=1S/C15H27N3O/c19-15(10-14-2-1-7-16-14)17-13-5-8-18(9-6-13)11-12-3-4-12/h12-14,16H,1-11H2,(H,17,19). The average molecular weight is 265 g/mol. The van der Waals surface area contributed by atoms with Crippen molar-refractivity contribution in [3.63, 3.8) is 0 Å². The molecule has 108 valence electrons. The lowest BCUT2D eigenvalue weighted by Gasteiger charge is -2.32. The number of likely N-dealkylation sites (tertiary alicyclic amines) is 1. The van der Waals surface area contributed by atoms with Gasteiger partial charge in [-0.2, -0.15) is 0 Å². The molecule has 3 aliphatic rings. The molecule has 0 bridgehead atoms. The molecule has 2 heterocycles. The molecular formula is C15H27N3O. The second kappa shape index (κ2) is 6.23. The van der Waals surface area contributed by atoms with Crippen molar-refractivity contribution in [1.82, 2.24) is 15.5 Å². The van der Waals surface area contributed by atoms with Crippen LogP contribution in [-0.2, 0) is 4.79 Å². The minimum Gasteiger partial charge on any atom is -0.353 e. The van der Waals surface area contributed by atoms with Crippen LogP contribution in [-0.4, -0.2) is 49.1 Å². The highest BCUT2D eigenvalue weighted by atomic mass is 16.1. The van der Waals surface area contributed by atoms with E-state index < -0.39 is 0 Å². The van der Waals surface area contributed by atoms with Crippen LogP contribution in [0, 0.1) is 5.92 Å². The number of carbonyl (C=O) groups is 1. The highest BCUT2D eigenvalue weighted by Crippen LogP contribution is 2.30. The van der Waals surface area contributed by atoms with Gasteiger partial charge in [0.2, 0.25) is 5.91 Å². The van der Waals surface area contributed by atoms with Crippen molar-refractivity contribution in [3.8, 4) is 0 Å². The zero-order valence-corrected chi connectivity index (χ0v) is 11.9. The number of carbonyl (C=O) groups excluding carboxylic acids is 1. The average Bonchev–Trinajstić information content (AvgIpc) is 3.07. The lowest BCUT2D eigenvalue weighted by Crippen LogP contribution is -2.46. The molecule has 1 aliphatic carbocycles. The van der Waals surface area contributed by atoms with Gasteiger partial charge in [-0.1, -0.05) is 0 Å². The zero-order valence-electron chi connectivity index (χ0n) is 11.9. The van der Waals surface area contributed by atoms with E-state index in [1.54, 1.807) is 0 Å². The third-order valence-corrected chi connectivity index (χ3v) is 4.76. The molecule has 1 amide bonds. The molecule has 0 aromatic heterocycles. The van der Waals surface area contributed by atoms with E-state index in [0.29, 0.717) is 18.5 Å². The second-order valence-electron chi connectivity index (χ2n) is 6.58. The van der Waals surface area contributed by atoms with Crippen LogP contribution < -0.4 is 10.6 Å². The molecule has 0 aromatic rings. The van der Waals surface area contributed by atoms with E-state index in [9.17, 15) is 4.79 Å². The molecule has 1 saturated carbocycles. The van der Waals surface area contributed by atoms with Crippen LogP contribution >= 0.6 is 0 Å². The summed E-state index contributed by atoms with van der Waals surface area (Å²) in [5, 5.41) is 6.62. The Morgan fingerprint density at radius 3 is 2.58 bits per heavy atom.